The number of benzene rings is 1. The number of anilines is 1. The van der Waals surface area contributed by atoms with Crippen LogP contribution >= 0.6 is 12.4 Å². The first-order chi connectivity index (χ1) is 9.57. The van der Waals surface area contributed by atoms with Crippen LogP contribution in [0.15, 0.2) is 18.2 Å². The number of nitrogens with one attached hydrogen (secondary N) is 1. The molecule has 1 N–H and O–H groups in total. The Kier molecular flexibility index (Phi) is 4.82. The van der Waals surface area contributed by atoms with Crippen LogP contribution < -0.4 is 5.32 Å². The predicted octanol–water partition coefficient (Wildman–Crippen LogP) is 3.73. The number of nitrogens with zero attached hydrogens (tertiary/aromatic N) is 1. The lowest BCUT2D eigenvalue weighted by Gasteiger charge is -2.37. The predicted molar refractivity (Wildman–Crippen MR) is 89.4 cm³/mol. The molecule has 2 aliphatic heterocycles. The standard InChI is InChI=1S/C17H24N2O.ClH/c1-17(2)8-11-19(12-9-17)16(20)14-5-3-7-15-13(14)6-4-10-18-15;/h3,5,7,18H,4,6,8-12H2,1-2H3;1H. The zero-order chi connectivity index (χ0) is 14.2. The van der Waals surface area contributed by atoms with Gasteiger partial charge in [0.15, 0.2) is 0 Å². The van der Waals surface area contributed by atoms with Gasteiger partial charge in [-0.1, -0.05) is 19.9 Å². The van der Waals surface area contributed by atoms with Crippen molar-refractivity contribution in [3.63, 3.8) is 0 Å². The van der Waals surface area contributed by atoms with Gasteiger partial charge in [-0.2, -0.15) is 0 Å². The minimum Gasteiger partial charge on any atom is -0.385 e. The fourth-order valence-electron chi connectivity index (χ4n) is 3.20. The van der Waals surface area contributed by atoms with E-state index in [9.17, 15) is 4.79 Å². The van der Waals surface area contributed by atoms with Gasteiger partial charge in [0.05, 0.1) is 0 Å². The molecule has 0 aromatic heterocycles. The van der Waals surface area contributed by atoms with Gasteiger partial charge in [0, 0.05) is 30.9 Å². The van der Waals surface area contributed by atoms with E-state index in [1.807, 2.05) is 17.0 Å². The van der Waals surface area contributed by atoms with Crippen molar-refractivity contribution in [3.05, 3.63) is 29.3 Å². The maximum atomic E-state index is 12.8. The molecule has 0 atom stereocenters. The van der Waals surface area contributed by atoms with Crippen LogP contribution in [-0.4, -0.2) is 30.4 Å². The van der Waals surface area contributed by atoms with Gasteiger partial charge in [0.1, 0.15) is 0 Å². The molecule has 0 radical (unpaired) electrons. The molecule has 3 rings (SSSR count). The Morgan fingerprint density at radius 1 is 1.24 bits per heavy atom. The molecule has 0 unspecified atom stereocenters. The lowest BCUT2D eigenvalue weighted by Crippen LogP contribution is -2.41. The van der Waals surface area contributed by atoms with Crippen molar-refractivity contribution in [1.82, 2.24) is 4.90 Å². The number of fused-ring (bicyclic) bond motifs is 1. The van der Waals surface area contributed by atoms with E-state index in [2.05, 4.69) is 25.2 Å². The van der Waals surface area contributed by atoms with Crippen LogP contribution in [-0.2, 0) is 6.42 Å². The molecule has 1 aromatic carbocycles. The van der Waals surface area contributed by atoms with Gasteiger partial charge in [-0.25, -0.2) is 0 Å². The van der Waals surface area contributed by atoms with E-state index in [4.69, 9.17) is 0 Å². The highest BCUT2D eigenvalue weighted by Gasteiger charge is 2.29. The minimum atomic E-state index is 0. The third kappa shape index (κ3) is 3.34. The summed E-state index contributed by atoms with van der Waals surface area (Å²) in [4.78, 5) is 14.8. The van der Waals surface area contributed by atoms with Crippen LogP contribution in [0.3, 0.4) is 0 Å². The Morgan fingerprint density at radius 2 is 1.95 bits per heavy atom. The summed E-state index contributed by atoms with van der Waals surface area (Å²) in [6.45, 7) is 7.39. The number of hydrogen-bond donors (Lipinski definition) is 1. The summed E-state index contributed by atoms with van der Waals surface area (Å²) in [7, 11) is 0. The molecule has 4 heteroatoms. The Morgan fingerprint density at radius 3 is 2.67 bits per heavy atom. The van der Waals surface area contributed by atoms with Crippen molar-refractivity contribution in [2.45, 2.75) is 39.5 Å². The number of hydrogen-bond acceptors (Lipinski definition) is 2. The third-order valence-electron chi connectivity index (χ3n) is 4.73. The molecule has 2 aliphatic rings. The molecule has 1 saturated heterocycles. The normalized spacial score (nSPS) is 20.0. The van der Waals surface area contributed by atoms with E-state index in [0.717, 1.165) is 56.6 Å². The number of carbonyl (C=O) groups is 1. The van der Waals surface area contributed by atoms with Crippen molar-refractivity contribution in [2.75, 3.05) is 25.0 Å². The molecular weight excluding hydrogens is 284 g/mol. The quantitative estimate of drug-likeness (QED) is 0.857. The zero-order valence-corrected chi connectivity index (χ0v) is 13.8. The van der Waals surface area contributed by atoms with Crippen LogP contribution in [0.4, 0.5) is 5.69 Å². The fourth-order valence-corrected chi connectivity index (χ4v) is 3.20. The second kappa shape index (κ2) is 6.27. The Balaban J connectivity index is 0.00000161. The van der Waals surface area contributed by atoms with Crippen molar-refractivity contribution in [3.8, 4) is 0 Å². The van der Waals surface area contributed by atoms with Gasteiger partial charge >= 0.3 is 0 Å². The van der Waals surface area contributed by atoms with Gasteiger partial charge in [-0.3, -0.25) is 4.79 Å². The molecule has 3 nitrogen and oxygen atoms in total. The Labute approximate surface area is 133 Å². The van der Waals surface area contributed by atoms with Crippen molar-refractivity contribution in [2.24, 2.45) is 5.41 Å². The van der Waals surface area contributed by atoms with Gasteiger partial charge in [0.2, 0.25) is 0 Å². The van der Waals surface area contributed by atoms with E-state index in [1.165, 1.54) is 5.56 Å². The first kappa shape index (κ1) is 16.2. The number of halogens is 1. The highest BCUT2D eigenvalue weighted by Crippen LogP contribution is 2.32. The lowest BCUT2D eigenvalue weighted by molar-refractivity contribution is 0.0629. The summed E-state index contributed by atoms with van der Waals surface area (Å²) in [6, 6.07) is 6.08. The van der Waals surface area contributed by atoms with Crippen molar-refractivity contribution >= 4 is 24.0 Å². The first-order valence-electron chi connectivity index (χ1n) is 7.72. The number of amides is 1. The molecule has 21 heavy (non-hydrogen) atoms. The van der Waals surface area contributed by atoms with Gasteiger partial charge in [-0.15, -0.1) is 12.4 Å². The topological polar surface area (TPSA) is 32.3 Å². The Hall–Kier alpha value is -1.22. The summed E-state index contributed by atoms with van der Waals surface area (Å²) < 4.78 is 0. The maximum Gasteiger partial charge on any atom is 0.254 e. The molecule has 0 spiro atoms. The van der Waals surface area contributed by atoms with Crippen LogP contribution in [0.5, 0.6) is 0 Å². The number of likely N-dealkylation sites (tertiary alicyclic amines) is 1. The van der Waals surface area contributed by atoms with Crippen LogP contribution in [0, 0.1) is 5.41 Å². The average molecular weight is 309 g/mol. The van der Waals surface area contributed by atoms with E-state index in [0.29, 0.717) is 5.41 Å². The van der Waals surface area contributed by atoms with Crippen molar-refractivity contribution < 1.29 is 4.79 Å². The summed E-state index contributed by atoms with van der Waals surface area (Å²) >= 11 is 0. The van der Waals surface area contributed by atoms with Crippen LogP contribution in [0.2, 0.25) is 0 Å². The molecule has 0 bridgehead atoms. The number of rotatable bonds is 1. The summed E-state index contributed by atoms with van der Waals surface area (Å²) in [5, 5.41) is 3.40. The molecule has 2 heterocycles. The van der Waals surface area contributed by atoms with E-state index >= 15 is 0 Å². The minimum absolute atomic E-state index is 0. The number of piperidine rings is 1. The average Bonchev–Trinajstić information content (AvgIpc) is 2.46. The van der Waals surface area contributed by atoms with Gasteiger partial charge < -0.3 is 10.2 Å². The van der Waals surface area contributed by atoms with E-state index < -0.39 is 0 Å². The highest BCUT2D eigenvalue weighted by molar-refractivity contribution is 5.97. The molecule has 1 fully saturated rings. The third-order valence-corrected chi connectivity index (χ3v) is 4.73. The lowest BCUT2D eigenvalue weighted by atomic mass is 9.82. The van der Waals surface area contributed by atoms with Gasteiger partial charge in [-0.05, 0) is 48.8 Å². The zero-order valence-electron chi connectivity index (χ0n) is 12.9. The molecule has 0 saturated carbocycles. The molecule has 1 aromatic rings. The Bertz CT molecular complexity index is 518. The van der Waals surface area contributed by atoms with E-state index in [1.54, 1.807) is 0 Å². The second-order valence-electron chi connectivity index (χ2n) is 6.82. The SMILES string of the molecule is CC1(C)CCN(C(=O)c2cccc3c2CCCN3)CC1.Cl. The smallest absolute Gasteiger partial charge is 0.254 e. The first-order valence-corrected chi connectivity index (χ1v) is 7.72. The fraction of sp³-hybridized carbons (Fsp3) is 0.588. The van der Waals surface area contributed by atoms with Gasteiger partial charge in [0.25, 0.3) is 5.91 Å². The molecular formula is C17H25ClN2O. The summed E-state index contributed by atoms with van der Waals surface area (Å²) in [6.07, 6.45) is 4.34. The maximum absolute atomic E-state index is 12.8. The second-order valence-corrected chi connectivity index (χ2v) is 6.82. The molecule has 0 aliphatic carbocycles. The molecule has 1 amide bonds. The van der Waals surface area contributed by atoms with Crippen LogP contribution in [0.25, 0.3) is 0 Å². The van der Waals surface area contributed by atoms with Crippen molar-refractivity contribution in [1.29, 1.82) is 0 Å². The summed E-state index contributed by atoms with van der Waals surface area (Å²) in [5.74, 6) is 0.223. The van der Waals surface area contributed by atoms with E-state index in [-0.39, 0.29) is 18.3 Å². The largest absolute Gasteiger partial charge is 0.385 e. The van der Waals surface area contributed by atoms with Crippen LogP contribution in [0.1, 0.15) is 49.0 Å². The molecule has 116 valence electrons. The number of carbonyl (C=O) groups excluding carboxylic acids is 1. The summed E-state index contributed by atoms with van der Waals surface area (Å²) in [5.41, 5.74) is 3.66. The monoisotopic (exact) mass is 308 g/mol. The highest BCUT2D eigenvalue weighted by atomic mass is 35.5.